The van der Waals surface area contributed by atoms with Crippen molar-refractivity contribution in [2.45, 2.75) is 13.8 Å². The van der Waals surface area contributed by atoms with Gasteiger partial charge in [0.25, 0.3) is 0 Å². The molecule has 0 rings (SSSR count). The van der Waals surface area contributed by atoms with Crippen LogP contribution in [0.2, 0.25) is 0 Å². The normalized spacial score (nSPS) is 16.4. The van der Waals surface area contributed by atoms with Crippen LogP contribution in [0.3, 0.4) is 0 Å². The Labute approximate surface area is 66.7 Å². The van der Waals surface area contributed by atoms with Crippen LogP contribution in [0, 0.1) is 11.8 Å². The lowest BCUT2D eigenvalue weighted by Crippen LogP contribution is -2.13. The topological polar surface area (TPSA) is 9.23 Å². The second-order valence-electron chi connectivity index (χ2n) is 3.06. The zero-order valence-corrected chi connectivity index (χ0v) is 7.15. The van der Waals surface area contributed by atoms with Crippen LogP contribution < -0.4 is 0 Å². The van der Waals surface area contributed by atoms with Crippen molar-refractivity contribution < 1.29 is 13.5 Å². The molecule has 0 aromatic carbocycles. The number of rotatable bonds is 6. The van der Waals surface area contributed by atoms with E-state index in [1.807, 2.05) is 0 Å². The molecule has 2 unspecified atom stereocenters. The highest BCUT2D eigenvalue weighted by atomic mass is 19.1. The van der Waals surface area contributed by atoms with Crippen LogP contribution in [0.25, 0.3) is 0 Å². The molecule has 1 nitrogen and oxygen atoms in total. The molecule has 0 aromatic heterocycles. The first-order chi connectivity index (χ1) is 5.20. The van der Waals surface area contributed by atoms with E-state index in [-0.39, 0.29) is 25.2 Å². The largest absolute Gasteiger partial charge is 0.381 e. The molecular weight excluding hydrogens is 150 g/mol. The van der Waals surface area contributed by atoms with Crippen LogP contribution >= 0.6 is 0 Å². The number of halogens is 2. The fourth-order valence-electron chi connectivity index (χ4n) is 0.559. The maximum absolute atomic E-state index is 11.8. The molecule has 2 atom stereocenters. The van der Waals surface area contributed by atoms with E-state index in [0.29, 0.717) is 13.2 Å². The van der Waals surface area contributed by atoms with Crippen molar-refractivity contribution in [3.8, 4) is 0 Å². The summed E-state index contributed by atoms with van der Waals surface area (Å²) in [6.45, 7) is 3.57. The summed E-state index contributed by atoms with van der Waals surface area (Å²) in [6, 6.07) is 0. The van der Waals surface area contributed by atoms with Gasteiger partial charge in [-0.3, -0.25) is 8.78 Å². The molecule has 0 aliphatic carbocycles. The third kappa shape index (κ3) is 6.23. The standard InChI is InChI=1S/C8H16F2O/c1-7(3-9)5-11-6-8(2)4-10/h7-8H,3-6H2,1-2H3. The summed E-state index contributed by atoms with van der Waals surface area (Å²) in [5, 5.41) is 0. The zero-order chi connectivity index (χ0) is 8.69. The van der Waals surface area contributed by atoms with Crippen molar-refractivity contribution >= 4 is 0 Å². The Bertz CT molecular complexity index is 78.2. The van der Waals surface area contributed by atoms with Crippen molar-refractivity contribution in [3.63, 3.8) is 0 Å². The lowest BCUT2D eigenvalue weighted by molar-refractivity contribution is 0.0664. The minimum Gasteiger partial charge on any atom is -0.381 e. The van der Waals surface area contributed by atoms with E-state index in [2.05, 4.69) is 0 Å². The van der Waals surface area contributed by atoms with E-state index in [4.69, 9.17) is 4.74 Å². The summed E-state index contributed by atoms with van der Waals surface area (Å²) in [6.07, 6.45) is 0. The molecule has 68 valence electrons. The molecule has 0 N–H and O–H groups in total. The molecule has 0 aliphatic heterocycles. The van der Waals surface area contributed by atoms with Crippen molar-refractivity contribution in [1.82, 2.24) is 0 Å². The Balaban J connectivity index is 3.13. The summed E-state index contributed by atoms with van der Waals surface area (Å²) in [4.78, 5) is 0. The number of hydrogen-bond acceptors (Lipinski definition) is 1. The molecule has 3 heteroatoms. The molecule has 0 saturated heterocycles. The zero-order valence-electron chi connectivity index (χ0n) is 7.15. The van der Waals surface area contributed by atoms with Gasteiger partial charge in [-0.25, -0.2) is 0 Å². The SMILES string of the molecule is CC(CF)COCC(C)CF. The minimum absolute atomic E-state index is 0.0678. The minimum atomic E-state index is -0.371. The maximum Gasteiger partial charge on any atom is 0.0941 e. The molecular formula is C8H16F2O. The summed E-state index contributed by atoms with van der Waals surface area (Å²) in [7, 11) is 0. The molecule has 0 amide bonds. The molecule has 11 heavy (non-hydrogen) atoms. The molecule has 0 saturated carbocycles. The van der Waals surface area contributed by atoms with Gasteiger partial charge in [-0.05, 0) is 0 Å². The average molecular weight is 166 g/mol. The Morgan fingerprint density at radius 3 is 1.64 bits per heavy atom. The number of hydrogen-bond donors (Lipinski definition) is 0. The van der Waals surface area contributed by atoms with Crippen molar-refractivity contribution in [3.05, 3.63) is 0 Å². The quantitative estimate of drug-likeness (QED) is 0.588. The molecule has 0 bridgehead atoms. The molecule has 0 heterocycles. The van der Waals surface area contributed by atoms with Crippen LogP contribution in [0.1, 0.15) is 13.8 Å². The molecule has 0 radical (unpaired) electrons. The summed E-state index contributed by atoms with van der Waals surface area (Å²) in [5.41, 5.74) is 0. The second-order valence-corrected chi connectivity index (χ2v) is 3.06. The first-order valence-electron chi connectivity index (χ1n) is 3.90. The van der Waals surface area contributed by atoms with Gasteiger partial charge in [0.15, 0.2) is 0 Å². The second kappa shape index (κ2) is 6.53. The van der Waals surface area contributed by atoms with Gasteiger partial charge < -0.3 is 4.74 Å². The van der Waals surface area contributed by atoms with Gasteiger partial charge in [-0.1, -0.05) is 13.8 Å². The number of alkyl halides is 2. The van der Waals surface area contributed by atoms with Gasteiger partial charge in [0.1, 0.15) is 0 Å². The summed E-state index contributed by atoms with van der Waals surface area (Å²) in [5.74, 6) is -0.136. The van der Waals surface area contributed by atoms with Gasteiger partial charge in [-0.2, -0.15) is 0 Å². The highest BCUT2D eigenvalue weighted by molar-refractivity contribution is 4.50. The van der Waals surface area contributed by atoms with Crippen LogP contribution in [0.4, 0.5) is 8.78 Å². The van der Waals surface area contributed by atoms with E-state index < -0.39 is 0 Å². The Morgan fingerprint density at radius 1 is 1.00 bits per heavy atom. The Hall–Kier alpha value is -0.180. The average Bonchev–Trinajstić information content (AvgIpc) is 2.04. The third-order valence-electron chi connectivity index (χ3n) is 1.33. The summed E-state index contributed by atoms with van der Waals surface area (Å²) < 4.78 is 28.7. The van der Waals surface area contributed by atoms with E-state index in [1.165, 1.54) is 0 Å². The van der Waals surface area contributed by atoms with Crippen LogP contribution in [-0.2, 0) is 4.74 Å². The Kier molecular flexibility index (Phi) is 6.42. The van der Waals surface area contributed by atoms with Crippen LogP contribution in [-0.4, -0.2) is 26.6 Å². The molecule has 0 aliphatic rings. The van der Waals surface area contributed by atoms with Crippen molar-refractivity contribution in [1.29, 1.82) is 0 Å². The molecule has 0 aromatic rings. The predicted octanol–water partition coefficient (Wildman–Crippen LogP) is 2.21. The van der Waals surface area contributed by atoms with E-state index in [0.717, 1.165) is 0 Å². The van der Waals surface area contributed by atoms with E-state index in [1.54, 1.807) is 13.8 Å². The fourth-order valence-corrected chi connectivity index (χ4v) is 0.559. The van der Waals surface area contributed by atoms with Gasteiger partial charge >= 0.3 is 0 Å². The lowest BCUT2D eigenvalue weighted by Gasteiger charge is -2.10. The van der Waals surface area contributed by atoms with E-state index in [9.17, 15) is 8.78 Å². The fraction of sp³-hybridized carbons (Fsp3) is 1.00. The van der Waals surface area contributed by atoms with Crippen molar-refractivity contribution in [2.75, 3.05) is 26.6 Å². The van der Waals surface area contributed by atoms with Crippen LogP contribution in [0.15, 0.2) is 0 Å². The highest BCUT2D eigenvalue weighted by Crippen LogP contribution is 2.00. The summed E-state index contributed by atoms with van der Waals surface area (Å²) >= 11 is 0. The van der Waals surface area contributed by atoms with Gasteiger partial charge in [0, 0.05) is 11.8 Å². The first kappa shape index (κ1) is 10.8. The Morgan fingerprint density at radius 2 is 1.36 bits per heavy atom. The van der Waals surface area contributed by atoms with E-state index >= 15 is 0 Å². The molecule has 0 fully saturated rings. The number of ether oxygens (including phenoxy) is 1. The lowest BCUT2D eigenvalue weighted by atomic mass is 10.2. The maximum atomic E-state index is 11.8. The first-order valence-corrected chi connectivity index (χ1v) is 3.90. The monoisotopic (exact) mass is 166 g/mol. The third-order valence-corrected chi connectivity index (χ3v) is 1.33. The van der Waals surface area contributed by atoms with Gasteiger partial charge in [-0.15, -0.1) is 0 Å². The molecule has 0 spiro atoms. The van der Waals surface area contributed by atoms with Gasteiger partial charge in [0.05, 0.1) is 26.6 Å². The van der Waals surface area contributed by atoms with Crippen LogP contribution in [0.5, 0.6) is 0 Å². The van der Waals surface area contributed by atoms with Gasteiger partial charge in [0.2, 0.25) is 0 Å². The smallest absolute Gasteiger partial charge is 0.0941 e. The predicted molar refractivity (Wildman–Crippen MR) is 41.1 cm³/mol. The highest BCUT2D eigenvalue weighted by Gasteiger charge is 2.03. The van der Waals surface area contributed by atoms with Crippen molar-refractivity contribution in [2.24, 2.45) is 11.8 Å².